The lowest BCUT2D eigenvalue weighted by atomic mass is 10.1. The molecule has 1 unspecified atom stereocenters. The normalized spacial score (nSPS) is 21.8. The van der Waals surface area contributed by atoms with Gasteiger partial charge in [0.05, 0.1) is 5.03 Å². The molecule has 0 spiro atoms. The average molecular weight is 264 g/mol. The zero-order chi connectivity index (χ0) is 11.8. The summed E-state index contributed by atoms with van der Waals surface area (Å²) in [5.74, 6) is 1.59. The standard InChI is InChI=1S/C13H10ClNOS/c14-10-5-6-15-11-7-12(16-13(10)11)8-1-3-9(17)4-2-8/h1-7,11,15,17H. The fraction of sp³-hybridized carbons (Fsp3) is 0.0769. The maximum atomic E-state index is 6.08. The number of dihydropyridines is 1. The highest BCUT2D eigenvalue weighted by atomic mass is 35.5. The molecule has 0 aliphatic carbocycles. The molecule has 0 aromatic heterocycles. The maximum absolute atomic E-state index is 6.08. The number of nitrogens with one attached hydrogen (secondary N) is 1. The highest BCUT2D eigenvalue weighted by Crippen LogP contribution is 2.34. The van der Waals surface area contributed by atoms with Crippen LogP contribution < -0.4 is 5.32 Å². The first-order valence-electron chi connectivity index (χ1n) is 5.25. The molecule has 2 nitrogen and oxygen atoms in total. The van der Waals surface area contributed by atoms with Gasteiger partial charge in [-0.05, 0) is 30.5 Å². The second-order valence-electron chi connectivity index (χ2n) is 3.87. The summed E-state index contributed by atoms with van der Waals surface area (Å²) in [6.45, 7) is 0. The van der Waals surface area contributed by atoms with Crippen LogP contribution in [0.15, 0.2) is 58.3 Å². The minimum absolute atomic E-state index is 0.0400. The Bertz CT molecular complexity index is 545. The number of hydrogen-bond acceptors (Lipinski definition) is 3. The van der Waals surface area contributed by atoms with Crippen LogP contribution in [0, 0.1) is 0 Å². The molecule has 1 N–H and O–H groups in total. The lowest BCUT2D eigenvalue weighted by Crippen LogP contribution is -2.24. The van der Waals surface area contributed by atoms with E-state index in [1.807, 2.05) is 36.5 Å². The summed E-state index contributed by atoms with van der Waals surface area (Å²) in [6.07, 6.45) is 5.64. The summed E-state index contributed by atoms with van der Waals surface area (Å²) in [6, 6.07) is 7.87. The Labute approximate surface area is 110 Å². The molecule has 1 atom stereocenters. The number of ether oxygens (including phenoxy) is 1. The van der Waals surface area contributed by atoms with Crippen molar-refractivity contribution >= 4 is 30.0 Å². The number of hydrogen-bond donors (Lipinski definition) is 2. The van der Waals surface area contributed by atoms with E-state index < -0.39 is 0 Å². The predicted octanol–water partition coefficient (Wildman–Crippen LogP) is 3.28. The highest BCUT2D eigenvalue weighted by molar-refractivity contribution is 7.80. The van der Waals surface area contributed by atoms with Crippen molar-refractivity contribution in [3.8, 4) is 0 Å². The molecule has 3 rings (SSSR count). The first-order chi connectivity index (χ1) is 8.24. The molecule has 2 heterocycles. The van der Waals surface area contributed by atoms with Crippen LogP contribution in [0.4, 0.5) is 0 Å². The SMILES string of the molecule is Sc1ccc(C2=CC3NC=CC(Cl)=C3O2)cc1. The van der Waals surface area contributed by atoms with Gasteiger partial charge in [-0.25, -0.2) is 0 Å². The van der Waals surface area contributed by atoms with E-state index in [1.54, 1.807) is 6.08 Å². The topological polar surface area (TPSA) is 21.3 Å². The van der Waals surface area contributed by atoms with E-state index >= 15 is 0 Å². The number of benzene rings is 1. The van der Waals surface area contributed by atoms with Crippen LogP contribution in [0.25, 0.3) is 5.76 Å². The number of fused-ring (bicyclic) bond motifs is 1. The smallest absolute Gasteiger partial charge is 0.149 e. The Kier molecular flexibility index (Phi) is 2.65. The third-order valence-electron chi connectivity index (χ3n) is 2.71. The Balaban J connectivity index is 1.93. The predicted molar refractivity (Wildman–Crippen MR) is 71.7 cm³/mol. The Morgan fingerprint density at radius 2 is 2.00 bits per heavy atom. The van der Waals surface area contributed by atoms with Gasteiger partial charge in [0.2, 0.25) is 0 Å². The monoisotopic (exact) mass is 263 g/mol. The van der Waals surface area contributed by atoms with Gasteiger partial charge < -0.3 is 10.1 Å². The second-order valence-corrected chi connectivity index (χ2v) is 4.79. The molecule has 2 aliphatic heterocycles. The number of allylic oxidation sites excluding steroid dienone is 2. The first-order valence-corrected chi connectivity index (χ1v) is 6.08. The van der Waals surface area contributed by atoms with Gasteiger partial charge in [-0.2, -0.15) is 0 Å². The van der Waals surface area contributed by atoms with Gasteiger partial charge in [-0.1, -0.05) is 23.7 Å². The van der Waals surface area contributed by atoms with Crippen LogP contribution in [0.1, 0.15) is 5.56 Å². The van der Waals surface area contributed by atoms with Crippen molar-refractivity contribution in [2.45, 2.75) is 10.9 Å². The zero-order valence-electron chi connectivity index (χ0n) is 8.85. The Morgan fingerprint density at radius 1 is 1.24 bits per heavy atom. The molecule has 0 amide bonds. The molecule has 0 fully saturated rings. The van der Waals surface area contributed by atoms with E-state index in [9.17, 15) is 0 Å². The van der Waals surface area contributed by atoms with Crippen LogP contribution in [-0.2, 0) is 4.74 Å². The lowest BCUT2D eigenvalue weighted by molar-refractivity contribution is 0.374. The molecule has 4 heteroatoms. The molecule has 0 radical (unpaired) electrons. The summed E-state index contributed by atoms with van der Waals surface area (Å²) in [5.41, 5.74) is 1.02. The minimum Gasteiger partial charge on any atom is -0.457 e. The molecule has 1 aromatic rings. The molecule has 0 saturated heterocycles. The largest absolute Gasteiger partial charge is 0.457 e. The summed E-state index contributed by atoms with van der Waals surface area (Å²) in [7, 11) is 0. The molecule has 2 aliphatic rings. The van der Waals surface area contributed by atoms with Crippen LogP contribution >= 0.6 is 24.2 Å². The summed E-state index contributed by atoms with van der Waals surface area (Å²) in [4.78, 5) is 0.932. The Hall–Kier alpha value is -1.32. The third kappa shape index (κ3) is 1.96. The van der Waals surface area contributed by atoms with E-state index in [4.69, 9.17) is 16.3 Å². The summed E-state index contributed by atoms with van der Waals surface area (Å²) < 4.78 is 5.77. The van der Waals surface area contributed by atoms with Gasteiger partial charge in [-0.3, -0.25) is 0 Å². The quantitative estimate of drug-likeness (QED) is 0.759. The van der Waals surface area contributed by atoms with Crippen molar-refractivity contribution < 1.29 is 4.74 Å². The number of halogens is 1. The van der Waals surface area contributed by atoms with Crippen LogP contribution in [0.3, 0.4) is 0 Å². The van der Waals surface area contributed by atoms with Crippen molar-refractivity contribution in [2.24, 2.45) is 0 Å². The van der Waals surface area contributed by atoms with Gasteiger partial charge in [0.25, 0.3) is 0 Å². The molecular weight excluding hydrogens is 254 g/mol. The van der Waals surface area contributed by atoms with Gasteiger partial charge in [-0.15, -0.1) is 12.6 Å². The highest BCUT2D eigenvalue weighted by Gasteiger charge is 2.27. The maximum Gasteiger partial charge on any atom is 0.149 e. The van der Waals surface area contributed by atoms with Gasteiger partial charge in [0.1, 0.15) is 17.6 Å². The van der Waals surface area contributed by atoms with Gasteiger partial charge >= 0.3 is 0 Å². The lowest BCUT2D eigenvalue weighted by Gasteiger charge is -2.15. The Morgan fingerprint density at radius 3 is 2.71 bits per heavy atom. The minimum atomic E-state index is 0.0400. The fourth-order valence-electron chi connectivity index (χ4n) is 1.85. The first kappa shape index (κ1) is 10.8. The fourth-order valence-corrected chi connectivity index (χ4v) is 2.22. The van der Waals surface area contributed by atoms with Crippen LogP contribution in [-0.4, -0.2) is 6.04 Å². The van der Waals surface area contributed by atoms with E-state index in [0.717, 1.165) is 22.0 Å². The molecule has 17 heavy (non-hydrogen) atoms. The van der Waals surface area contributed by atoms with Gasteiger partial charge in [0, 0.05) is 10.5 Å². The second kappa shape index (κ2) is 4.17. The molecule has 1 aromatic carbocycles. The van der Waals surface area contributed by atoms with Gasteiger partial charge in [0.15, 0.2) is 0 Å². The van der Waals surface area contributed by atoms with E-state index in [1.165, 1.54) is 0 Å². The van der Waals surface area contributed by atoms with Crippen molar-refractivity contribution in [3.63, 3.8) is 0 Å². The number of rotatable bonds is 1. The van der Waals surface area contributed by atoms with Crippen molar-refractivity contribution in [2.75, 3.05) is 0 Å². The summed E-state index contributed by atoms with van der Waals surface area (Å²) >= 11 is 10.3. The third-order valence-corrected chi connectivity index (χ3v) is 3.32. The van der Waals surface area contributed by atoms with Crippen LogP contribution in [0.2, 0.25) is 0 Å². The van der Waals surface area contributed by atoms with E-state index in [2.05, 4.69) is 17.9 Å². The molecule has 0 bridgehead atoms. The van der Waals surface area contributed by atoms with E-state index in [-0.39, 0.29) is 6.04 Å². The molecular formula is C13H10ClNOS. The average Bonchev–Trinajstić information content (AvgIpc) is 2.75. The summed E-state index contributed by atoms with van der Waals surface area (Å²) in [5, 5.41) is 3.83. The molecule has 0 saturated carbocycles. The number of thiol groups is 1. The van der Waals surface area contributed by atoms with Crippen molar-refractivity contribution in [3.05, 3.63) is 59.0 Å². The van der Waals surface area contributed by atoms with Crippen LogP contribution in [0.5, 0.6) is 0 Å². The van der Waals surface area contributed by atoms with Crippen molar-refractivity contribution in [1.29, 1.82) is 0 Å². The van der Waals surface area contributed by atoms with E-state index in [0.29, 0.717) is 5.03 Å². The molecule has 86 valence electrons. The van der Waals surface area contributed by atoms with Crippen molar-refractivity contribution in [1.82, 2.24) is 5.32 Å². The zero-order valence-corrected chi connectivity index (χ0v) is 10.5.